The first kappa shape index (κ1) is 13.9. The quantitative estimate of drug-likeness (QED) is 0.861. The average Bonchev–Trinajstić information content (AvgIpc) is 2.94. The van der Waals surface area contributed by atoms with Crippen molar-refractivity contribution in [2.75, 3.05) is 20.1 Å². The lowest BCUT2D eigenvalue weighted by molar-refractivity contribution is -0.0384. The van der Waals surface area contributed by atoms with Crippen molar-refractivity contribution in [2.45, 2.75) is 49.8 Å². The van der Waals surface area contributed by atoms with Crippen molar-refractivity contribution < 1.29 is 4.74 Å². The highest BCUT2D eigenvalue weighted by Gasteiger charge is 2.47. The first-order chi connectivity index (χ1) is 10.2. The van der Waals surface area contributed by atoms with E-state index >= 15 is 0 Å². The van der Waals surface area contributed by atoms with Gasteiger partial charge in [0.1, 0.15) is 11.4 Å². The lowest BCUT2D eigenvalue weighted by atomic mass is 9.78. The van der Waals surface area contributed by atoms with Crippen molar-refractivity contribution in [3.05, 3.63) is 28.8 Å². The summed E-state index contributed by atoms with van der Waals surface area (Å²) in [5, 5.41) is 4.26. The Kier molecular flexibility index (Phi) is 3.40. The predicted octanol–water partition coefficient (Wildman–Crippen LogP) is 3.38. The molecule has 3 aliphatic rings. The van der Waals surface area contributed by atoms with Crippen LogP contribution in [0.15, 0.2) is 18.2 Å². The molecule has 1 N–H and O–H groups in total. The number of hydrogen-bond acceptors (Lipinski definition) is 3. The second-order valence-corrected chi connectivity index (χ2v) is 7.24. The molecule has 1 aromatic rings. The number of nitrogens with one attached hydrogen (secondary N) is 1. The van der Waals surface area contributed by atoms with E-state index < -0.39 is 0 Å². The molecule has 0 saturated carbocycles. The molecule has 0 aromatic heterocycles. The van der Waals surface area contributed by atoms with Crippen molar-refractivity contribution in [3.63, 3.8) is 0 Å². The maximum absolute atomic E-state index is 6.53. The predicted molar refractivity (Wildman–Crippen MR) is 85.1 cm³/mol. The fraction of sp³-hybridized carbons (Fsp3) is 0.647. The van der Waals surface area contributed by atoms with E-state index in [1.807, 2.05) is 19.2 Å². The fourth-order valence-corrected chi connectivity index (χ4v) is 4.66. The third-order valence-corrected chi connectivity index (χ3v) is 5.79. The molecule has 3 heterocycles. The molecule has 0 aliphatic carbocycles. The Balaban J connectivity index is 1.65. The zero-order chi connectivity index (χ0) is 14.4. The van der Waals surface area contributed by atoms with Gasteiger partial charge in [-0.05, 0) is 51.1 Å². The van der Waals surface area contributed by atoms with Gasteiger partial charge < -0.3 is 15.0 Å². The molecule has 3 unspecified atom stereocenters. The molecule has 0 bridgehead atoms. The van der Waals surface area contributed by atoms with Crippen LogP contribution in [0.1, 0.15) is 43.7 Å². The van der Waals surface area contributed by atoms with Crippen molar-refractivity contribution in [1.82, 2.24) is 10.2 Å². The highest BCUT2D eigenvalue weighted by Crippen LogP contribution is 2.47. The molecule has 2 saturated heterocycles. The summed E-state index contributed by atoms with van der Waals surface area (Å²) in [6.45, 7) is 2.46. The lowest BCUT2D eigenvalue weighted by Gasteiger charge is -2.48. The van der Waals surface area contributed by atoms with Gasteiger partial charge in [0.2, 0.25) is 0 Å². The number of fused-ring (bicyclic) bond motifs is 2. The monoisotopic (exact) mass is 306 g/mol. The SMILES string of the molecule is CNC1CC2(CCN3CCCC3C2)Oc2ccc(Cl)cc21. The summed E-state index contributed by atoms with van der Waals surface area (Å²) in [4.78, 5) is 2.65. The van der Waals surface area contributed by atoms with E-state index in [-0.39, 0.29) is 5.60 Å². The molecule has 0 amide bonds. The third kappa shape index (κ3) is 2.36. The molecule has 1 aromatic carbocycles. The molecule has 4 heteroatoms. The normalized spacial score (nSPS) is 35.3. The molecule has 4 rings (SSSR count). The van der Waals surface area contributed by atoms with Crippen LogP contribution in [0.25, 0.3) is 0 Å². The highest BCUT2D eigenvalue weighted by atomic mass is 35.5. The van der Waals surface area contributed by atoms with E-state index in [9.17, 15) is 0 Å². The van der Waals surface area contributed by atoms with Crippen LogP contribution in [0.5, 0.6) is 5.75 Å². The topological polar surface area (TPSA) is 24.5 Å². The lowest BCUT2D eigenvalue weighted by Crippen LogP contribution is -2.53. The van der Waals surface area contributed by atoms with Gasteiger partial charge in [0.25, 0.3) is 0 Å². The molecule has 1 spiro atoms. The molecule has 21 heavy (non-hydrogen) atoms. The molecule has 0 radical (unpaired) electrons. The molecule has 3 nitrogen and oxygen atoms in total. The van der Waals surface area contributed by atoms with E-state index in [4.69, 9.17) is 16.3 Å². The maximum atomic E-state index is 6.53. The maximum Gasteiger partial charge on any atom is 0.125 e. The number of nitrogens with zero attached hydrogens (tertiary/aromatic N) is 1. The summed E-state index contributed by atoms with van der Waals surface area (Å²) >= 11 is 6.16. The van der Waals surface area contributed by atoms with E-state index in [0.29, 0.717) is 6.04 Å². The summed E-state index contributed by atoms with van der Waals surface area (Å²) < 4.78 is 6.53. The Morgan fingerprint density at radius 3 is 3.10 bits per heavy atom. The van der Waals surface area contributed by atoms with Crippen LogP contribution in [-0.4, -0.2) is 36.7 Å². The van der Waals surface area contributed by atoms with Gasteiger partial charge in [0, 0.05) is 42.1 Å². The van der Waals surface area contributed by atoms with Crippen molar-refractivity contribution in [1.29, 1.82) is 0 Å². The Bertz CT molecular complexity index is 550. The molecule has 114 valence electrons. The Morgan fingerprint density at radius 2 is 2.24 bits per heavy atom. The van der Waals surface area contributed by atoms with Gasteiger partial charge >= 0.3 is 0 Å². The number of ether oxygens (including phenoxy) is 1. The van der Waals surface area contributed by atoms with Gasteiger partial charge in [0.05, 0.1) is 0 Å². The summed E-state index contributed by atoms with van der Waals surface area (Å²) in [5.74, 6) is 1.02. The number of hydrogen-bond donors (Lipinski definition) is 1. The van der Waals surface area contributed by atoms with Crippen LogP contribution in [0, 0.1) is 0 Å². The zero-order valence-electron chi connectivity index (χ0n) is 12.6. The molecular weight excluding hydrogens is 284 g/mol. The molecule has 3 atom stereocenters. The van der Waals surface area contributed by atoms with E-state index in [0.717, 1.165) is 29.7 Å². The Morgan fingerprint density at radius 1 is 1.33 bits per heavy atom. The van der Waals surface area contributed by atoms with Gasteiger partial charge in [-0.3, -0.25) is 0 Å². The first-order valence-electron chi connectivity index (χ1n) is 8.09. The van der Waals surface area contributed by atoms with E-state index in [1.54, 1.807) is 0 Å². The summed E-state index contributed by atoms with van der Waals surface area (Å²) in [5.41, 5.74) is 1.23. The number of halogens is 1. The van der Waals surface area contributed by atoms with Crippen LogP contribution in [0.3, 0.4) is 0 Å². The highest BCUT2D eigenvalue weighted by molar-refractivity contribution is 6.30. The first-order valence-corrected chi connectivity index (χ1v) is 8.47. The standard InChI is InChI=1S/C17H23ClN2O/c1-19-15-11-17(6-8-20-7-2-3-13(20)10-17)21-16-5-4-12(18)9-14(15)16/h4-5,9,13,15,19H,2-3,6-8,10-11H2,1H3. The van der Waals surface area contributed by atoms with Gasteiger partial charge in [-0.1, -0.05) is 11.6 Å². The van der Waals surface area contributed by atoms with E-state index in [2.05, 4.69) is 16.3 Å². The summed E-state index contributed by atoms with van der Waals surface area (Å²) in [6.07, 6.45) is 6.06. The smallest absolute Gasteiger partial charge is 0.125 e. The largest absolute Gasteiger partial charge is 0.487 e. The van der Waals surface area contributed by atoms with Crippen molar-refractivity contribution in [3.8, 4) is 5.75 Å². The zero-order valence-corrected chi connectivity index (χ0v) is 13.3. The number of piperidine rings is 1. The Hall–Kier alpha value is -0.770. The van der Waals surface area contributed by atoms with Crippen LogP contribution in [-0.2, 0) is 0 Å². The van der Waals surface area contributed by atoms with Gasteiger partial charge in [-0.2, -0.15) is 0 Å². The number of rotatable bonds is 1. The Labute approximate surface area is 131 Å². The van der Waals surface area contributed by atoms with Gasteiger partial charge in [-0.15, -0.1) is 0 Å². The fourth-order valence-electron chi connectivity index (χ4n) is 4.48. The summed E-state index contributed by atoms with van der Waals surface area (Å²) in [6, 6.07) is 7.11. The van der Waals surface area contributed by atoms with E-state index in [1.165, 1.54) is 37.9 Å². The van der Waals surface area contributed by atoms with Crippen LogP contribution >= 0.6 is 11.6 Å². The third-order valence-electron chi connectivity index (χ3n) is 5.56. The molecular formula is C17H23ClN2O. The minimum absolute atomic E-state index is 0.0139. The van der Waals surface area contributed by atoms with Crippen molar-refractivity contribution in [2.24, 2.45) is 0 Å². The minimum atomic E-state index is 0.0139. The van der Waals surface area contributed by atoms with Crippen LogP contribution in [0.4, 0.5) is 0 Å². The van der Waals surface area contributed by atoms with Crippen LogP contribution < -0.4 is 10.1 Å². The molecule has 2 fully saturated rings. The van der Waals surface area contributed by atoms with Crippen molar-refractivity contribution >= 4 is 11.6 Å². The average molecular weight is 307 g/mol. The minimum Gasteiger partial charge on any atom is -0.487 e. The number of benzene rings is 1. The second-order valence-electron chi connectivity index (χ2n) is 6.80. The summed E-state index contributed by atoms with van der Waals surface area (Å²) in [7, 11) is 2.04. The second kappa shape index (κ2) is 5.15. The van der Waals surface area contributed by atoms with Crippen LogP contribution in [0.2, 0.25) is 5.02 Å². The van der Waals surface area contributed by atoms with Gasteiger partial charge in [0.15, 0.2) is 0 Å². The van der Waals surface area contributed by atoms with Gasteiger partial charge in [-0.25, -0.2) is 0 Å². The molecule has 3 aliphatic heterocycles.